The van der Waals surface area contributed by atoms with Crippen molar-refractivity contribution < 1.29 is 9.59 Å². The van der Waals surface area contributed by atoms with Crippen LogP contribution >= 0.6 is 34.4 Å². The molecule has 0 unspecified atom stereocenters. The van der Waals surface area contributed by atoms with Crippen molar-refractivity contribution in [2.75, 3.05) is 24.2 Å². The highest BCUT2D eigenvalue weighted by molar-refractivity contribution is 8.01. The van der Waals surface area contributed by atoms with Crippen LogP contribution in [0.25, 0.3) is 10.2 Å². The number of likely N-dealkylation sites (tertiary alicyclic amines) is 1. The van der Waals surface area contributed by atoms with Crippen molar-refractivity contribution in [2.24, 2.45) is 5.92 Å². The molecule has 10 heteroatoms. The van der Waals surface area contributed by atoms with Crippen LogP contribution in [-0.4, -0.2) is 50.7 Å². The number of carbonyl (C=O) groups excluding carboxylic acids is 2. The summed E-state index contributed by atoms with van der Waals surface area (Å²) in [6.07, 6.45) is 2.13. The Balaban J connectivity index is 1.31. The van der Waals surface area contributed by atoms with E-state index in [0.717, 1.165) is 36.1 Å². The highest BCUT2D eigenvalue weighted by Crippen LogP contribution is 2.28. The number of fused-ring (bicyclic) bond motifs is 1. The van der Waals surface area contributed by atoms with Gasteiger partial charge in [-0.15, -0.1) is 21.5 Å². The predicted octanol–water partition coefficient (Wildman–Crippen LogP) is 3.75. The fourth-order valence-corrected chi connectivity index (χ4v) is 5.42. The number of nitrogens with zero attached hydrogens (tertiary/aromatic N) is 4. The molecule has 2 amide bonds. The molecule has 7 nitrogen and oxygen atoms in total. The average Bonchev–Trinajstić information content (AvgIpc) is 3.33. The van der Waals surface area contributed by atoms with Crippen molar-refractivity contribution >= 4 is 61.6 Å². The van der Waals surface area contributed by atoms with Crippen molar-refractivity contribution in [1.82, 2.24) is 20.1 Å². The summed E-state index contributed by atoms with van der Waals surface area (Å²) >= 11 is 3.97. The first-order valence-electron chi connectivity index (χ1n) is 8.99. The summed E-state index contributed by atoms with van der Waals surface area (Å²) in [7, 11) is 0. The zero-order valence-corrected chi connectivity index (χ0v) is 17.7. The molecule has 1 saturated heterocycles. The van der Waals surface area contributed by atoms with E-state index >= 15 is 0 Å². The number of para-hydroxylation sites is 1. The molecule has 4 rings (SSSR count). The van der Waals surface area contributed by atoms with E-state index in [1.165, 1.54) is 34.4 Å². The van der Waals surface area contributed by atoms with Crippen molar-refractivity contribution in [1.29, 1.82) is 0 Å². The number of thioether (sulfide) groups is 1. The quantitative estimate of drug-likeness (QED) is 0.487. The Morgan fingerprint density at radius 2 is 2.00 bits per heavy atom. The minimum absolute atomic E-state index is 0.132. The number of amides is 2. The third kappa shape index (κ3) is 4.50. The molecule has 1 fully saturated rings. The number of rotatable bonds is 5. The largest absolute Gasteiger partial charge is 0.342 e. The number of nitrogens with one attached hydrogen (secondary N) is 1. The molecule has 1 aliphatic heterocycles. The summed E-state index contributed by atoms with van der Waals surface area (Å²) < 4.78 is 1.63. The van der Waals surface area contributed by atoms with E-state index in [4.69, 9.17) is 0 Å². The van der Waals surface area contributed by atoms with Crippen LogP contribution in [0.1, 0.15) is 29.6 Å². The monoisotopic (exact) mass is 433 g/mol. The molecule has 0 atom stereocenters. The molecular formula is C18H19N5O2S3. The summed E-state index contributed by atoms with van der Waals surface area (Å²) in [6, 6.07) is 7.62. The fourth-order valence-electron chi connectivity index (χ4n) is 2.91. The van der Waals surface area contributed by atoms with Gasteiger partial charge in [-0.05, 0) is 30.9 Å². The Morgan fingerprint density at radius 3 is 2.79 bits per heavy atom. The maximum atomic E-state index is 12.4. The van der Waals surface area contributed by atoms with Gasteiger partial charge in [0, 0.05) is 13.1 Å². The fraction of sp³-hybridized carbons (Fsp3) is 0.389. The van der Waals surface area contributed by atoms with E-state index in [0.29, 0.717) is 26.1 Å². The second-order valence-electron chi connectivity index (χ2n) is 6.67. The molecule has 0 bridgehead atoms. The number of anilines is 1. The number of benzene rings is 1. The molecular weight excluding hydrogens is 414 g/mol. The van der Waals surface area contributed by atoms with Crippen LogP contribution in [0.2, 0.25) is 0 Å². The van der Waals surface area contributed by atoms with Crippen LogP contribution in [0.15, 0.2) is 28.6 Å². The van der Waals surface area contributed by atoms with E-state index in [-0.39, 0.29) is 11.8 Å². The minimum atomic E-state index is -0.299. The molecule has 1 aromatic carbocycles. The third-order valence-corrected chi connectivity index (χ3v) is 7.56. The van der Waals surface area contributed by atoms with Crippen LogP contribution in [-0.2, 0) is 4.79 Å². The Hall–Kier alpha value is -2.04. The van der Waals surface area contributed by atoms with Crippen molar-refractivity contribution in [3.05, 3.63) is 29.3 Å². The van der Waals surface area contributed by atoms with Gasteiger partial charge in [0.2, 0.25) is 11.0 Å². The highest BCUT2D eigenvalue weighted by Gasteiger charge is 2.21. The maximum Gasteiger partial charge on any atom is 0.286 e. The van der Waals surface area contributed by atoms with E-state index < -0.39 is 0 Å². The molecule has 1 aliphatic rings. The van der Waals surface area contributed by atoms with Crippen LogP contribution in [0.3, 0.4) is 0 Å². The summed E-state index contributed by atoms with van der Waals surface area (Å²) in [5, 5.41) is 11.6. The van der Waals surface area contributed by atoms with Crippen LogP contribution in [0.5, 0.6) is 0 Å². The lowest BCUT2D eigenvalue weighted by Gasteiger charge is -2.30. The second-order valence-corrected chi connectivity index (χ2v) is 9.90. The number of hydrogen-bond acceptors (Lipinski definition) is 8. The Labute approximate surface area is 174 Å². The van der Waals surface area contributed by atoms with Crippen molar-refractivity contribution in [2.45, 2.75) is 24.1 Å². The Morgan fingerprint density at radius 1 is 1.21 bits per heavy atom. The van der Waals surface area contributed by atoms with Gasteiger partial charge in [0.25, 0.3) is 5.91 Å². The smallest absolute Gasteiger partial charge is 0.286 e. The Kier molecular flexibility index (Phi) is 5.88. The van der Waals surface area contributed by atoms with Gasteiger partial charge in [-0.3, -0.25) is 14.9 Å². The van der Waals surface area contributed by atoms with Gasteiger partial charge >= 0.3 is 0 Å². The van der Waals surface area contributed by atoms with E-state index in [1.54, 1.807) is 0 Å². The first kappa shape index (κ1) is 19.3. The zero-order chi connectivity index (χ0) is 19.5. The SMILES string of the molecule is CC1CCN(C(=O)CSc2nnc(NC(=O)c3nc4ccccc4s3)s2)CC1. The molecule has 0 spiro atoms. The predicted molar refractivity (Wildman–Crippen MR) is 113 cm³/mol. The standard InChI is InChI=1S/C18H19N5O2S3/c1-11-6-8-23(9-7-11)14(24)10-26-18-22-21-17(28-18)20-15(25)16-19-12-4-2-3-5-13(12)27-16/h2-5,11H,6-10H2,1H3,(H,20,21,25). The Bertz CT molecular complexity index is 961. The molecule has 1 N–H and O–H groups in total. The third-order valence-electron chi connectivity index (χ3n) is 4.57. The molecule has 28 heavy (non-hydrogen) atoms. The normalized spacial score (nSPS) is 15.1. The van der Waals surface area contributed by atoms with E-state index in [1.807, 2.05) is 29.2 Å². The molecule has 3 aromatic rings. The number of carbonyl (C=O) groups is 2. The number of aromatic nitrogens is 3. The molecule has 3 heterocycles. The first-order chi connectivity index (χ1) is 13.6. The van der Waals surface area contributed by atoms with Gasteiger partial charge in [-0.1, -0.05) is 42.2 Å². The topological polar surface area (TPSA) is 88.1 Å². The van der Waals surface area contributed by atoms with Crippen LogP contribution in [0, 0.1) is 5.92 Å². The minimum Gasteiger partial charge on any atom is -0.342 e. The molecule has 0 saturated carbocycles. The first-order valence-corrected chi connectivity index (χ1v) is 11.6. The maximum absolute atomic E-state index is 12.4. The van der Waals surface area contributed by atoms with Crippen molar-refractivity contribution in [3.63, 3.8) is 0 Å². The lowest BCUT2D eigenvalue weighted by atomic mass is 9.99. The lowest BCUT2D eigenvalue weighted by molar-refractivity contribution is -0.129. The molecule has 146 valence electrons. The van der Waals surface area contributed by atoms with Gasteiger partial charge in [-0.2, -0.15) is 0 Å². The number of thiazole rings is 1. The molecule has 0 radical (unpaired) electrons. The summed E-state index contributed by atoms with van der Waals surface area (Å²) in [5.41, 5.74) is 0.803. The molecule has 0 aliphatic carbocycles. The van der Waals surface area contributed by atoms with Gasteiger partial charge < -0.3 is 4.90 Å². The summed E-state index contributed by atoms with van der Waals surface area (Å²) in [6.45, 7) is 3.89. The summed E-state index contributed by atoms with van der Waals surface area (Å²) in [4.78, 5) is 31.0. The van der Waals surface area contributed by atoms with Gasteiger partial charge in [0.15, 0.2) is 9.35 Å². The van der Waals surface area contributed by atoms with Crippen LogP contribution < -0.4 is 5.32 Å². The zero-order valence-electron chi connectivity index (χ0n) is 15.3. The van der Waals surface area contributed by atoms with E-state index in [2.05, 4.69) is 27.4 Å². The summed E-state index contributed by atoms with van der Waals surface area (Å²) in [5.74, 6) is 0.871. The number of piperidine rings is 1. The van der Waals surface area contributed by atoms with Crippen molar-refractivity contribution in [3.8, 4) is 0 Å². The average molecular weight is 434 g/mol. The highest BCUT2D eigenvalue weighted by atomic mass is 32.2. The van der Waals surface area contributed by atoms with Gasteiger partial charge in [0.1, 0.15) is 0 Å². The molecule has 2 aromatic heterocycles. The number of hydrogen-bond donors (Lipinski definition) is 1. The van der Waals surface area contributed by atoms with Gasteiger partial charge in [0.05, 0.1) is 16.0 Å². The van der Waals surface area contributed by atoms with Crippen LogP contribution in [0.4, 0.5) is 5.13 Å². The van der Waals surface area contributed by atoms with E-state index in [9.17, 15) is 9.59 Å². The van der Waals surface area contributed by atoms with Gasteiger partial charge in [-0.25, -0.2) is 4.98 Å². The second kappa shape index (κ2) is 8.54. The lowest BCUT2D eigenvalue weighted by Crippen LogP contribution is -2.38.